The lowest BCUT2D eigenvalue weighted by molar-refractivity contribution is -0.128. The van der Waals surface area contributed by atoms with Gasteiger partial charge in [-0.25, -0.2) is 0 Å². The van der Waals surface area contributed by atoms with Gasteiger partial charge in [0.1, 0.15) is 0 Å². The van der Waals surface area contributed by atoms with Gasteiger partial charge in [-0.3, -0.25) is 24.2 Å². The Morgan fingerprint density at radius 3 is 2.40 bits per heavy atom. The van der Waals surface area contributed by atoms with E-state index in [2.05, 4.69) is 10.2 Å². The molecule has 3 amide bonds. The topological polar surface area (TPSA) is 79.0 Å². The minimum Gasteiger partial charge on any atom is -0.379 e. The Morgan fingerprint density at radius 2 is 1.70 bits per heavy atom. The number of ether oxygens (including phenoxy) is 1. The Balaban J connectivity index is 1.30. The van der Waals surface area contributed by atoms with Crippen molar-refractivity contribution in [2.24, 2.45) is 11.8 Å². The first-order valence-corrected chi connectivity index (χ1v) is 11.2. The number of imide groups is 1. The third-order valence-corrected chi connectivity index (χ3v) is 6.60. The van der Waals surface area contributed by atoms with Gasteiger partial charge in [-0.05, 0) is 43.9 Å². The molecule has 0 radical (unpaired) electrons. The summed E-state index contributed by atoms with van der Waals surface area (Å²) in [7, 11) is 0. The van der Waals surface area contributed by atoms with Crippen LogP contribution in [0.1, 0.15) is 52.8 Å². The Hall–Kier alpha value is -2.25. The van der Waals surface area contributed by atoms with Gasteiger partial charge in [0.05, 0.1) is 24.3 Å². The summed E-state index contributed by atoms with van der Waals surface area (Å²) in [6.45, 7) is 5.44. The van der Waals surface area contributed by atoms with Crippen LogP contribution < -0.4 is 5.32 Å². The monoisotopic (exact) mass is 413 g/mol. The molecule has 2 aliphatic heterocycles. The van der Waals surface area contributed by atoms with Crippen molar-refractivity contribution >= 4 is 17.7 Å². The molecule has 1 N–H and O–H groups in total. The largest absolute Gasteiger partial charge is 0.379 e. The molecule has 162 valence electrons. The van der Waals surface area contributed by atoms with E-state index in [4.69, 9.17) is 4.74 Å². The van der Waals surface area contributed by atoms with Gasteiger partial charge in [0.25, 0.3) is 11.8 Å². The molecule has 0 spiro atoms. The van der Waals surface area contributed by atoms with Crippen LogP contribution in [0, 0.1) is 11.8 Å². The van der Waals surface area contributed by atoms with Gasteiger partial charge in [-0.2, -0.15) is 0 Å². The quantitative estimate of drug-likeness (QED) is 0.546. The standard InChI is InChI=1S/C23H31N3O4/c27-21(24-10-5-11-25-12-14-30-15-13-25)18-7-2-1-6-17(18)16-26-22(28)19-8-3-4-9-20(19)23(26)29/h3-4,8-9,17-18H,1-2,5-7,10-16H2,(H,24,27). The summed E-state index contributed by atoms with van der Waals surface area (Å²) >= 11 is 0. The summed E-state index contributed by atoms with van der Waals surface area (Å²) in [4.78, 5) is 42.0. The molecule has 3 aliphatic rings. The van der Waals surface area contributed by atoms with Crippen LogP contribution in [-0.2, 0) is 9.53 Å². The van der Waals surface area contributed by atoms with E-state index in [-0.39, 0.29) is 29.6 Å². The fourth-order valence-corrected chi connectivity index (χ4v) is 4.88. The van der Waals surface area contributed by atoms with Crippen LogP contribution in [0.4, 0.5) is 0 Å². The fourth-order valence-electron chi connectivity index (χ4n) is 4.88. The highest BCUT2D eigenvalue weighted by Crippen LogP contribution is 2.33. The number of hydrogen-bond acceptors (Lipinski definition) is 5. The maximum Gasteiger partial charge on any atom is 0.261 e. The second kappa shape index (κ2) is 9.71. The first kappa shape index (κ1) is 21.0. The highest BCUT2D eigenvalue weighted by Gasteiger charge is 2.39. The molecule has 2 unspecified atom stereocenters. The zero-order valence-electron chi connectivity index (χ0n) is 17.5. The van der Waals surface area contributed by atoms with Crippen molar-refractivity contribution in [3.63, 3.8) is 0 Å². The molecular formula is C23H31N3O4. The number of benzene rings is 1. The van der Waals surface area contributed by atoms with Gasteiger partial charge in [-0.15, -0.1) is 0 Å². The summed E-state index contributed by atoms with van der Waals surface area (Å²) in [5, 5.41) is 3.10. The van der Waals surface area contributed by atoms with Crippen LogP contribution in [0.5, 0.6) is 0 Å². The van der Waals surface area contributed by atoms with E-state index in [1.807, 2.05) is 0 Å². The molecule has 2 atom stereocenters. The predicted octanol–water partition coefficient (Wildman–Crippen LogP) is 1.93. The number of carbonyl (C=O) groups excluding carboxylic acids is 3. The number of amides is 3. The Kier molecular flexibility index (Phi) is 6.79. The maximum absolute atomic E-state index is 12.9. The smallest absolute Gasteiger partial charge is 0.261 e. The lowest BCUT2D eigenvalue weighted by Crippen LogP contribution is -2.44. The van der Waals surface area contributed by atoms with E-state index in [1.54, 1.807) is 24.3 Å². The second-order valence-electron chi connectivity index (χ2n) is 8.52. The first-order valence-electron chi connectivity index (χ1n) is 11.2. The van der Waals surface area contributed by atoms with E-state index in [1.165, 1.54) is 4.90 Å². The second-order valence-corrected chi connectivity index (χ2v) is 8.52. The minimum atomic E-state index is -0.231. The number of morpholine rings is 1. The lowest BCUT2D eigenvalue weighted by Gasteiger charge is -2.33. The molecule has 1 saturated carbocycles. The van der Waals surface area contributed by atoms with Crippen molar-refractivity contribution in [1.29, 1.82) is 0 Å². The maximum atomic E-state index is 12.9. The van der Waals surface area contributed by atoms with E-state index in [0.29, 0.717) is 24.2 Å². The van der Waals surface area contributed by atoms with Gasteiger partial charge < -0.3 is 10.1 Å². The molecule has 2 fully saturated rings. The van der Waals surface area contributed by atoms with Crippen molar-refractivity contribution in [2.75, 3.05) is 45.9 Å². The van der Waals surface area contributed by atoms with Gasteiger partial charge in [-0.1, -0.05) is 25.0 Å². The Labute approximate surface area is 177 Å². The molecule has 4 rings (SSSR count). The van der Waals surface area contributed by atoms with Crippen LogP contribution >= 0.6 is 0 Å². The molecule has 0 bridgehead atoms. The van der Waals surface area contributed by atoms with E-state index < -0.39 is 0 Å². The average Bonchev–Trinajstić information content (AvgIpc) is 3.03. The summed E-state index contributed by atoms with van der Waals surface area (Å²) in [5.41, 5.74) is 0.949. The predicted molar refractivity (Wildman–Crippen MR) is 112 cm³/mol. The molecule has 1 aromatic carbocycles. The number of nitrogens with zero attached hydrogens (tertiary/aromatic N) is 2. The highest BCUT2D eigenvalue weighted by molar-refractivity contribution is 6.21. The van der Waals surface area contributed by atoms with Crippen LogP contribution in [0.15, 0.2) is 24.3 Å². The molecule has 7 heteroatoms. The highest BCUT2D eigenvalue weighted by atomic mass is 16.5. The zero-order chi connectivity index (χ0) is 20.9. The van der Waals surface area contributed by atoms with Crippen molar-refractivity contribution in [1.82, 2.24) is 15.1 Å². The van der Waals surface area contributed by atoms with E-state index in [9.17, 15) is 14.4 Å². The van der Waals surface area contributed by atoms with Crippen LogP contribution in [0.25, 0.3) is 0 Å². The van der Waals surface area contributed by atoms with Crippen molar-refractivity contribution in [2.45, 2.75) is 32.1 Å². The molecule has 7 nitrogen and oxygen atoms in total. The Morgan fingerprint density at radius 1 is 1.03 bits per heavy atom. The molecule has 1 aromatic rings. The van der Waals surface area contributed by atoms with Gasteiger partial charge in [0.2, 0.25) is 5.91 Å². The molecule has 2 heterocycles. The summed E-state index contributed by atoms with van der Waals surface area (Å²) in [5.74, 6) is -0.498. The van der Waals surface area contributed by atoms with Crippen LogP contribution in [0.2, 0.25) is 0 Å². The summed E-state index contributed by atoms with van der Waals surface area (Å²) in [6, 6.07) is 6.97. The first-order chi connectivity index (χ1) is 14.6. The lowest BCUT2D eigenvalue weighted by atomic mass is 9.78. The fraction of sp³-hybridized carbons (Fsp3) is 0.609. The summed E-state index contributed by atoms with van der Waals surface area (Å²) in [6.07, 6.45) is 4.67. The molecule has 0 aromatic heterocycles. The Bertz CT molecular complexity index is 755. The van der Waals surface area contributed by atoms with Crippen molar-refractivity contribution in [3.8, 4) is 0 Å². The number of nitrogens with one attached hydrogen (secondary N) is 1. The molecular weight excluding hydrogens is 382 g/mol. The third kappa shape index (κ3) is 4.57. The van der Waals surface area contributed by atoms with Gasteiger partial charge >= 0.3 is 0 Å². The van der Waals surface area contributed by atoms with Crippen molar-refractivity contribution < 1.29 is 19.1 Å². The number of rotatable bonds is 7. The van der Waals surface area contributed by atoms with E-state index >= 15 is 0 Å². The van der Waals surface area contributed by atoms with E-state index in [0.717, 1.165) is 65.0 Å². The van der Waals surface area contributed by atoms with Gasteiger partial charge in [0.15, 0.2) is 0 Å². The molecule has 1 aliphatic carbocycles. The zero-order valence-corrected chi connectivity index (χ0v) is 17.5. The number of hydrogen-bond donors (Lipinski definition) is 1. The SMILES string of the molecule is O=C(NCCCN1CCOCC1)C1CCCCC1CN1C(=O)c2ccccc2C1=O. The number of fused-ring (bicyclic) bond motifs is 1. The number of carbonyl (C=O) groups is 3. The third-order valence-electron chi connectivity index (χ3n) is 6.60. The average molecular weight is 414 g/mol. The van der Waals surface area contributed by atoms with Crippen LogP contribution in [0.3, 0.4) is 0 Å². The molecule has 30 heavy (non-hydrogen) atoms. The van der Waals surface area contributed by atoms with Crippen molar-refractivity contribution in [3.05, 3.63) is 35.4 Å². The summed E-state index contributed by atoms with van der Waals surface area (Å²) < 4.78 is 5.36. The normalized spacial score (nSPS) is 24.7. The van der Waals surface area contributed by atoms with Crippen LogP contribution in [-0.4, -0.2) is 73.5 Å². The minimum absolute atomic E-state index is 0.0280. The van der Waals surface area contributed by atoms with Gasteiger partial charge in [0, 0.05) is 32.1 Å². The molecule has 1 saturated heterocycles.